The van der Waals surface area contributed by atoms with Crippen LogP contribution < -0.4 is 10.6 Å². The fraction of sp³-hybridized carbons (Fsp3) is 0.500. The smallest absolute Gasteiger partial charge is 0.243 e. The highest BCUT2D eigenvalue weighted by molar-refractivity contribution is 5.84. The second-order valence-electron chi connectivity index (χ2n) is 3.46. The summed E-state index contributed by atoms with van der Waals surface area (Å²) in [7, 11) is 0. The van der Waals surface area contributed by atoms with Crippen LogP contribution in [0, 0.1) is 6.20 Å². The molecule has 1 saturated heterocycles. The van der Waals surface area contributed by atoms with Crippen molar-refractivity contribution in [3.63, 3.8) is 0 Å². The molecule has 1 amide bonds. The predicted molar refractivity (Wildman–Crippen MR) is 53.1 cm³/mol. The van der Waals surface area contributed by atoms with E-state index < -0.39 is 0 Å². The average molecular weight is 192 g/mol. The van der Waals surface area contributed by atoms with E-state index >= 15 is 0 Å². The summed E-state index contributed by atoms with van der Waals surface area (Å²) in [6, 6.07) is -0.0760. The second-order valence-corrected chi connectivity index (χ2v) is 3.46. The van der Waals surface area contributed by atoms with Crippen molar-refractivity contribution < 1.29 is 4.79 Å². The molecule has 14 heavy (non-hydrogen) atoms. The largest absolute Gasteiger partial charge is 0.380 e. The zero-order valence-corrected chi connectivity index (χ0v) is 8.21. The van der Waals surface area contributed by atoms with Crippen LogP contribution >= 0.6 is 0 Å². The van der Waals surface area contributed by atoms with Crippen LogP contribution in [-0.4, -0.2) is 36.5 Å². The summed E-state index contributed by atoms with van der Waals surface area (Å²) in [4.78, 5) is 13.6. The Balaban J connectivity index is 2.12. The molecule has 1 fully saturated rings. The molecule has 2 aliphatic heterocycles. The number of carbonyl (C=O) groups is 1. The van der Waals surface area contributed by atoms with Crippen molar-refractivity contribution in [2.24, 2.45) is 0 Å². The molecule has 0 aromatic heterocycles. The van der Waals surface area contributed by atoms with Gasteiger partial charge < -0.3 is 15.5 Å². The Morgan fingerprint density at radius 1 is 1.64 bits per heavy atom. The van der Waals surface area contributed by atoms with Crippen LogP contribution in [0.15, 0.2) is 17.8 Å². The van der Waals surface area contributed by atoms with E-state index in [4.69, 9.17) is 0 Å². The summed E-state index contributed by atoms with van der Waals surface area (Å²) in [6.45, 7) is 4.24. The SMILES string of the molecule is CC1NCCN(C2=CCN[C]=C2)C1=O. The fourth-order valence-corrected chi connectivity index (χ4v) is 1.67. The van der Waals surface area contributed by atoms with E-state index in [0.29, 0.717) is 0 Å². The summed E-state index contributed by atoms with van der Waals surface area (Å²) >= 11 is 0. The van der Waals surface area contributed by atoms with Gasteiger partial charge >= 0.3 is 0 Å². The molecular weight excluding hydrogens is 178 g/mol. The first-order valence-electron chi connectivity index (χ1n) is 4.85. The third kappa shape index (κ3) is 1.65. The van der Waals surface area contributed by atoms with Crippen molar-refractivity contribution in [2.75, 3.05) is 19.6 Å². The number of allylic oxidation sites excluding steroid dienone is 1. The molecule has 0 aromatic rings. The van der Waals surface area contributed by atoms with Crippen LogP contribution in [-0.2, 0) is 4.79 Å². The molecule has 0 spiro atoms. The Morgan fingerprint density at radius 3 is 3.21 bits per heavy atom. The van der Waals surface area contributed by atoms with Gasteiger partial charge in [-0.15, -0.1) is 0 Å². The first kappa shape index (κ1) is 9.27. The van der Waals surface area contributed by atoms with Gasteiger partial charge in [0.15, 0.2) is 0 Å². The van der Waals surface area contributed by atoms with Gasteiger partial charge in [0.05, 0.1) is 12.2 Å². The number of piperazine rings is 1. The van der Waals surface area contributed by atoms with Crippen LogP contribution in [0.1, 0.15) is 6.92 Å². The summed E-state index contributed by atoms with van der Waals surface area (Å²) in [5.74, 6) is 0.141. The number of nitrogens with one attached hydrogen (secondary N) is 2. The molecule has 2 N–H and O–H groups in total. The van der Waals surface area contributed by atoms with Gasteiger partial charge in [0.2, 0.25) is 5.91 Å². The predicted octanol–water partition coefficient (Wildman–Crippen LogP) is -0.389. The van der Waals surface area contributed by atoms with Gasteiger partial charge in [-0.25, -0.2) is 0 Å². The monoisotopic (exact) mass is 192 g/mol. The lowest BCUT2D eigenvalue weighted by atomic mass is 10.2. The van der Waals surface area contributed by atoms with Gasteiger partial charge in [0.25, 0.3) is 0 Å². The van der Waals surface area contributed by atoms with E-state index in [1.165, 1.54) is 0 Å². The standard InChI is InChI=1S/C10H14N3O/c1-8-10(14)13(7-6-12-8)9-2-4-11-5-3-9/h2-3,8,11-12H,4,6-7H2,1H3. The first-order valence-corrected chi connectivity index (χ1v) is 4.85. The molecule has 2 aliphatic rings. The number of hydrogen-bond donors (Lipinski definition) is 2. The number of amides is 1. The van der Waals surface area contributed by atoms with Gasteiger partial charge in [-0.2, -0.15) is 0 Å². The summed E-state index contributed by atoms with van der Waals surface area (Å²) in [5, 5.41) is 6.08. The maximum Gasteiger partial charge on any atom is 0.243 e. The summed E-state index contributed by atoms with van der Waals surface area (Å²) in [6.07, 6.45) is 6.74. The van der Waals surface area contributed by atoms with Crippen LogP contribution in [0.4, 0.5) is 0 Å². The third-order valence-electron chi connectivity index (χ3n) is 2.47. The molecule has 2 rings (SSSR count). The lowest BCUT2D eigenvalue weighted by Gasteiger charge is -2.32. The zero-order valence-electron chi connectivity index (χ0n) is 8.21. The molecule has 0 aliphatic carbocycles. The Hall–Kier alpha value is -1.29. The van der Waals surface area contributed by atoms with Gasteiger partial charge in [-0.05, 0) is 19.1 Å². The van der Waals surface area contributed by atoms with Crippen LogP contribution in [0.2, 0.25) is 0 Å². The molecule has 0 aromatic carbocycles. The number of hydrogen-bond acceptors (Lipinski definition) is 3. The highest BCUT2D eigenvalue weighted by atomic mass is 16.2. The lowest BCUT2D eigenvalue weighted by Crippen LogP contribution is -2.53. The van der Waals surface area contributed by atoms with Crippen molar-refractivity contribution in [2.45, 2.75) is 13.0 Å². The fourth-order valence-electron chi connectivity index (χ4n) is 1.67. The van der Waals surface area contributed by atoms with Gasteiger partial charge in [0.1, 0.15) is 0 Å². The maximum atomic E-state index is 11.8. The van der Waals surface area contributed by atoms with E-state index in [0.717, 1.165) is 25.3 Å². The molecular formula is C10H14N3O. The second kappa shape index (κ2) is 3.84. The molecule has 4 heteroatoms. The van der Waals surface area contributed by atoms with Crippen LogP contribution in [0.5, 0.6) is 0 Å². The van der Waals surface area contributed by atoms with Gasteiger partial charge in [-0.1, -0.05) is 0 Å². The average Bonchev–Trinajstić information content (AvgIpc) is 2.23. The minimum Gasteiger partial charge on any atom is -0.380 e. The van der Waals surface area contributed by atoms with E-state index in [9.17, 15) is 4.79 Å². The minimum atomic E-state index is -0.0760. The van der Waals surface area contributed by atoms with E-state index in [1.54, 1.807) is 0 Å². The molecule has 1 unspecified atom stereocenters. The van der Waals surface area contributed by atoms with E-state index in [1.807, 2.05) is 24.0 Å². The molecule has 2 heterocycles. The van der Waals surface area contributed by atoms with Gasteiger partial charge in [-0.3, -0.25) is 4.79 Å². The Morgan fingerprint density at radius 2 is 2.50 bits per heavy atom. The lowest BCUT2D eigenvalue weighted by molar-refractivity contribution is -0.132. The highest BCUT2D eigenvalue weighted by Gasteiger charge is 2.26. The normalized spacial score (nSPS) is 27.2. The van der Waals surface area contributed by atoms with Crippen LogP contribution in [0.25, 0.3) is 0 Å². The highest BCUT2D eigenvalue weighted by Crippen LogP contribution is 2.12. The zero-order chi connectivity index (χ0) is 9.97. The maximum absolute atomic E-state index is 11.8. The summed E-state index contributed by atoms with van der Waals surface area (Å²) < 4.78 is 0. The summed E-state index contributed by atoms with van der Waals surface area (Å²) in [5.41, 5.74) is 0.960. The molecule has 4 nitrogen and oxygen atoms in total. The molecule has 0 saturated carbocycles. The topological polar surface area (TPSA) is 44.4 Å². The quantitative estimate of drug-likeness (QED) is 0.595. The molecule has 0 bridgehead atoms. The Labute approximate surface area is 83.7 Å². The van der Waals surface area contributed by atoms with Crippen molar-refractivity contribution in [3.8, 4) is 0 Å². The van der Waals surface area contributed by atoms with Crippen LogP contribution in [0.3, 0.4) is 0 Å². The van der Waals surface area contributed by atoms with E-state index in [-0.39, 0.29) is 11.9 Å². The van der Waals surface area contributed by atoms with Gasteiger partial charge in [0, 0.05) is 25.3 Å². The van der Waals surface area contributed by atoms with Crippen molar-refractivity contribution in [3.05, 3.63) is 24.0 Å². The molecule has 75 valence electrons. The number of dihydropyridines is 1. The number of nitrogens with zero attached hydrogens (tertiary/aromatic N) is 1. The van der Waals surface area contributed by atoms with E-state index in [2.05, 4.69) is 16.8 Å². The van der Waals surface area contributed by atoms with Crippen molar-refractivity contribution in [1.82, 2.24) is 15.5 Å². The van der Waals surface area contributed by atoms with Crippen molar-refractivity contribution in [1.29, 1.82) is 0 Å². The number of rotatable bonds is 1. The minimum absolute atomic E-state index is 0.0760. The number of carbonyl (C=O) groups excluding carboxylic acids is 1. The Bertz CT molecular complexity index is 296. The molecule has 1 radical (unpaired) electrons. The Kier molecular flexibility index (Phi) is 2.54. The van der Waals surface area contributed by atoms with Crippen molar-refractivity contribution >= 4 is 5.91 Å². The first-order chi connectivity index (χ1) is 6.79. The third-order valence-corrected chi connectivity index (χ3v) is 2.47. The molecule has 1 atom stereocenters.